The zero-order valence-corrected chi connectivity index (χ0v) is 14.9. The summed E-state index contributed by atoms with van der Waals surface area (Å²) in [5.41, 5.74) is -1.12. The zero-order valence-electron chi connectivity index (χ0n) is 13.9. The number of esters is 1. The van der Waals surface area contributed by atoms with Crippen LogP contribution >= 0.6 is 0 Å². The van der Waals surface area contributed by atoms with Gasteiger partial charge in [0.05, 0.1) is 5.92 Å². The van der Waals surface area contributed by atoms with Crippen molar-refractivity contribution in [2.24, 2.45) is 5.92 Å². The van der Waals surface area contributed by atoms with Crippen LogP contribution in [0.3, 0.4) is 0 Å². The molecular weight excluding hydrogens is 287 g/mol. The molecule has 0 saturated carbocycles. The molecule has 0 bridgehead atoms. The predicted molar refractivity (Wildman–Crippen MR) is 73.3 cm³/mol. The van der Waals surface area contributed by atoms with E-state index in [1.54, 1.807) is 13.8 Å². The molecule has 0 aromatic rings. The van der Waals surface area contributed by atoms with Crippen molar-refractivity contribution >= 4 is 17.9 Å². The summed E-state index contributed by atoms with van der Waals surface area (Å²) in [4.78, 5) is 33.1. The van der Waals surface area contributed by atoms with Crippen LogP contribution in [-0.2, 0) is 19.1 Å². The van der Waals surface area contributed by atoms with Crippen LogP contribution in [0, 0.1) is 5.92 Å². The molecule has 7 heteroatoms. The Morgan fingerprint density at radius 2 is 1.90 bits per heavy atom. The molecule has 0 fully saturated rings. The van der Waals surface area contributed by atoms with Crippen molar-refractivity contribution in [3.8, 4) is 0 Å². The Kier molecular flexibility index (Phi) is 11.6. The van der Waals surface area contributed by atoms with Crippen LogP contribution in [-0.4, -0.2) is 33.7 Å². The Balaban J connectivity index is -0.00000180. The minimum atomic E-state index is -1.12. The number of carboxylic acid groups (broad SMARTS) is 2. The van der Waals surface area contributed by atoms with Gasteiger partial charge in [-0.25, -0.2) is 4.79 Å². The van der Waals surface area contributed by atoms with E-state index in [0.717, 1.165) is 6.08 Å². The summed E-state index contributed by atoms with van der Waals surface area (Å²) in [6, 6.07) is 0. The van der Waals surface area contributed by atoms with E-state index >= 15 is 0 Å². The van der Waals surface area contributed by atoms with E-state index in [0.29, 0.717) is 19.3 Å². The molecule has 116 valence electrons. The maximum absolute atomic E-state index is 11.4. The number of carboxylic acids is 2. The Morgan fingerprint density at radius 3 is 2.29 bits per heavy atom. The summed E-state index contributed by atoms with van der Waals surface area (Å²) in [5, 5.41) is 17.8. The fraction of sp³-hybridized carbons (Fsp3) is 0.643. The van der Waals surface area contributed by atoms with Gasteiger partial charge in [0.1, 0.15) is 5.60 Å². The standard InChI is InChI=1S/C14H22O6.Na.H/c1-4-12(17)20-14(3,5-2)10(13(18)19)8-6-7-9-11(15)16;;/h4,10H,1,5-9H2,2-3H3,(H,15,16)(H,18,19);;/q;+1;-1. The molecule has 0 radical (unpaired) electrons. The molecule has 2 N–H and O–H groups in total. The second-order valence-corrected chi connectivity index (χ2v) is 4.82. The van der Waals surface area contributed by atoms with Gasteiger partial charge < -0.3 is 16.4 Å². The van der Waals surface area contributed by atoms with Crippen molar-refractivity contribution in [2.45, 2.75) is 51.6 Å². The zero-order chi connectivity index (χ0) is 15.8. The fourth-order valence-corrected chi connectivity index (χ4v) is 1.98. The van der Waals surface area contributed by atoms with Crippen molar-refractivity contribution in [1.82, 2.24) is 0 Å². The van der Waals surface area contributed by atoms with Crippen molar-refractivity contribution in [2.75, 3.05) is 0 Å². The second kappa shape index (κ2) is 10.8. The smallest absolute Gasteiger partial charge is 1.00 e. The maximum atomic E-state index is 11.4. The number of hydrogen-bond acceptors (Lipinski definition) is 4. The average molecular weight is 310 g/mol. The molecule has 0 aromatic carbocycles. The van der Waals surface area contributed by atoms with E-state index in [-0.39, 0.29) is 43.8 Å². The third-order valence-electron chi connectivity index (χ3n) is 3.37. The van der Waals surface area contributed by atoms with Gasteiger partial charge in [-0.2, -0.15) is 0 Å². The topological polar surface area (TPSA) is 101 Å². The van der Waals surface area contributed by atoms with E-state index in [9.17, 15) is 19.5 Å². The normalized spacial score (nSPS) is 14.2. The monoisotopic (exact) mass is 310 g/mol. The van der Waals surface area contributed by atoms with Gasteiger partial charge >= 0.3 is 47.5 Å². The molecule has 0 aliphatic carbocycles. The van der Waals surface area contributed by atoms with Crippen LogP contribution in [0.25, 0.3) is 0 Å². The number of carbonyl (C=O) groups is 3. The number of carbonyl (C=O) groups excluding carboxylic acids is 1. The Labute approximate surface area is 148 Å². The van der Waals surface area contributed by atoms with Gasteiger partial charge in [-0.05, 0) is 26.2 Å². The fourth-order valence-electron chi connectivity index (χ4n) is 1.98. The first-order valence-corrected chi connectivity index (χ1v) is 6.56. The van der Waals surface area contributed by atoms with Crippen molar-refractivity contribution in [3.63, 3.8) is 0 Å². The number of ether oxygens (including phenoxy) is 1. The van der Waals surface area contributed by atoms with Crippen LogP contribution in [0.4, 0.5) is 0 Å². The Hall–Kier alpha value is -0.850. The molecule has 0 saturated heterocycles. The van der Waals surface area contributed by atoms with Crippen molar-refractivity contribution in [1.29, 1.82) is 0 Å². The molecule has 0 spiro atoms. The first kappa shape index (κ1) is 22.4. The van der Waals surface area contributed by atoms with Crippen LogP contribution in [0.5, 0.6) is 0 Å². The van der Waals surface area contributed by atoms with Crippen molar-refractivity contribution < 1.29 is 60.3 Å². The quantitative estimate of drug-likeness (QED) is 0.241. The van der Waals surface area contributed by atoms with Gasteiger partial charge in [0, 0.05) is 12.5 Å². The SMILES string of the molecule is C=CC(=O)OC(C)(CC)C(CCCCC(=O)O)C(=O)O.[H-].[Na+]. The predicted octanol–water partition coefficient (Wildman–Crippen LogP) is -0.653. The molecule has 6 nitrogen and oxygen atoms in total. The molecule has 0 heterocycles. The van der Waals surface area contributed by atoms with Gasteiger partial charge in [0.25, 0.3) is 0 Å². The molecule has 21 heavy (non-hydrogen) atoms. The summed E-state index contributed by atoms with van der Waals surface area (Å²) < 4.78 is 5.18. The summed E-state index contributed by atoms with van der Waals surface area (Å²) in [6.45, 7) is 6.60. The Morgan fingerprint density at radius 1 is 1.33 bits per heavy atom. The van der Waals surface area contributed by atoms with Crippen LogP contribution in [0.2, 0.25) is 0 Å². The third kappa shape index (κ3) is 8.24. The average Bonchev–Trinajstić information content (AvgIpc) is 2.37. The number of rotatable bonds is 10. The van der Waals surface area contributed by atoms with E-state index < -0.39 is 29.4 Å². The van der Waals surface area contributed by atoms with Crippen LogP contribution in [0.15, 0.2) is 12.7 Å². The molecular formula is C14H23NaO6. The van der Waals surface area contributed by atoms with Gasteiger partial charge in [0.2, 0.25) is 0 Å². The van der Waals surface area contributed by atoms with Gasteiger partial charge in [-0.1, -0.05) is 19.9 Å². The summed E-state index contributed by atoms with van der Waals surface area (Å²) in [5.74, 6) is -3.49. The molecule has 0 aromatic heterocycles. The van der Waals surface area contributed by atoms with E-state index in [1.165, 1.54) is 0 Å². The van der Waals surface area contributed by atoms with Gasteiger partial charge in [0.15, 0.2) is 0 Å². The van der Waals surface area contributed by atoms with E-state index in [4.69, 9.17) is 9.84 Å². The third-order valence-corrected chi connectivity index (χ3v) is 3.37. The summed E-state index contributed by atoms with van der Waals surface area (Å²) in [6.07, 6.45) is 2.46. The van der Waals surface area contributed by atoms with Gasteiger partial charge in [-0.3, -0.25) is 9.59 Å². The van der Waals surface area contributed by atoms with Crippen molar-refractivity contribution in [3.05, 3.63) is 12.7 Å². The summed E-state index contributed by atoms with van der Waals surface area (Å²) in [7, 11) is 0. The molecule has 0 aliphatic heterocycles. The first-order chi connectivity index (χ1) is 9.26. The maximum Gasteiger partial charge on any atom is 1.00 e. The van der Waals surface area contributed by atoms with Gasteiger partial charge in [-0.15, -0.1) is 0 Å². The molecule has 0 aliphatic rings. The second-order valence-electron chi connectivity index (χ2n) is 4.82. The molecule has 2 atom stereocenters. The number of aliphatic carboxylic acids is 2. The minimum Gasteiger partial charge on any atom is -1.00 e. The Bertz CT molecular complexity index is 388. The molecule has 0 rings (SSSR count). The summed E-state index contributed by atoms with van der Waals surface area (Å²) >= 11 is 0. The van der Waals surface area contributed by atoms with E-state index in [1.807, 2.05) is 0 Å². The molecule has 2 unspecified atom stereocenters. The minimum absolute atomic E-state index is 0. The largest absolute Gasteiger partial charge is 1.00 e. The van der Waals surface area contributed by atoms with E-state index in [2.05, 4.69) is 6.58 Å². The number of unbranched alkanes of at least 4 members (excludes halogenated alkanes) is 1. The van der Waals surface area contributed by atoms with Crippen LogP contribution < -0.4 is 29.6 Å². The molecule has 0 amide bonds. The number of hydrogen-bond donors (Lipinski definition) is 2. The first-order valence-electron chi connectivity index (χ1n) is 6.56. The van der Waals surface area contributed by atoms with Crippen LogP contribution in [0.1, 0.15) is 47.4 Å².